The molecule has 0 aromatic heterocycles. The Hall–Kier alpha value is -1.55. The van der Waals surface area contributed by atoms with E-state index in [2.05, 4.69) is 15.2 Å². The number of carbonyl (C=O) groups excluding carboxylic acids is 1. The van der Waals surface area contributed by atoms with Crippen LogP contribution in [-0.4, -0.2) is 69.8 Å². The number of likely N-dealkylation sites (tertiary alicyclic amines) is 1. The molecule has 2 saturated heterocycles. The van der Waals surface area contributed by atoms with Crippen molar-refractivity contribution in [3.05, 3.63) is 24.3 Å². The summed E-state index contributed by atoms with van der Waals surface area (Å²) in [6.07, 6.45) is 3.17. The number of para-hydroxylation sites is 2. The minimum atomic E-state index is 0. The van der Waals surface area contributed by atoms with Crippen LogP contribution < -0.4 is 15.0 Å². The Balaban J connectivity index is 0.00000225. The Kier molecular flexibility index (Phi) is 7.03. The molecule has 3 aliphatic heterocycles. The van der Waals surface area contributed by atoms with Gasteiger partial charge in [-0.25, -0.2) is 0 Å². The molecule has 1 aromatic carbocycles. The fourth-order valence-corrected chi connectivity index (χ4v) is 4.26. The Morgan fingerprint density at radius 1 is 1.32 bits per heavy atom. The first-order valence-electron chi connectivity index (χ1n) is 9.76. The zero-order valence-electron chi connectivity index (χ0n) is 16.4. The lowest BCUT2D eigenvalue weighted by Gasteiger charge is -2.29. The van der Waals surface area contributed by atoms with Gasteiger partial charge in [-0.1, -0.05) is 12.1 Å². The fraction of sp³-hybridized carbons (Fsp3) is 0.600. The normalized spacial score (nSPS) is 24.2. The molecule has 154 valence electrons. The monoisotopic (exact) mass is 500 g/mol. The van der Waals surface area contributed by atoms with Crippen molar-refractivity contribution in [1.82, 2.24) is 10.2 Å². The van der Waals surface area contributed by atoms with Gasteiger partial charge in [-0.05, 0) is 31.4 Å². The van der Waals surface area contributed by atoms with Gasteiger partial charge >= 0.3 is 0 Å². The van der Waals surface area contributed by atoms with Crippen LogP contribution in [0, 0.1) is 5.41 Å². The number of benzene rings is 1. The van der Waals surface area contributed by atoms with Crippen LogP contribution in [0.4, 0.5) is 5.69 Å². The maximum absolute atomic E-state index is 12.2. The number of nitrogens with one attached hydrogen (secondary N) is 1. The number of aliphatic imine (C=N–C) groups is 1. The van der Waals surface area contributed by atoms with E-state index in [4.69, 9.17) is 9.47 Å². The first kappa shape index (κ1) is 21.2. The van der Waals surface area contributed by atoms with E-state index >= 15 is 0 Å². The number of halogens is 1. The summed E-state index contributed by atoms with van der Waals surface area (Å²) >= 11 is 0. The molecule has 28 heavy (non-hydrogen) atoms. The predicted molar refractivity (Wildman–Crippen MR) is 120 cm³/mol. The number of anilines is 1. The van der Waals surface area contributed by atoms with Crippen LogP contribution in [-0.2, 0) is 9.53 Å². The van der Waals surface area contributed by atoms with Gasteiger partial charge in [0.1, 0.15) is 5.75 Å². The Labute approximate surface area is 183 Å². The van der Waals surface area contributed by atoms with Crippen molar-refractivity contribution in [1.29, 1.82) is 0 Å². The summed E-state index contributed by atoms with van der Waals surface area (Å²) in [6.45, 7) is 5.36. The molecule has 0 saturated carbocycles. The molecule has 1 spiro atoms. The van der Waals surface area contributed by atoms with Crippen molar-refractivity contribution >= 4 is 41.5 Å². The van der Waals surface area contributed by atoms with Crippen molar-refractivity contribution in [2.45, 2.75) is 19.3 Å². The third-order valence-electron chi connectivity index (χ3n) is 5.78. The van der Waals surface area contributed by atoms with Crippen LogP contribution in [0.15, 0.2) is 29.3 Å². The van der Waals surface area contributed by atoms with Crippen LogP contribution in [0.1, 0.15) is 19.3 Å². The highest BCUT2D eigenvalue weighted by Crippen LogP contribution is 2.38. The van der Waals surface area contributed by atoms with Gasteiger partial charge in [0.2, 0.25) is 0 Å². The van der Waals surface area contributed by atoms with E-state index in [1.165, 1.54) is 6.42 Å². The van der Waals surface area contributed by atoms with Crippen LogP contribution in [0.3, 0.4) is 0 Å². The van der Waals surface area contributed by atoms with Crippen LogP contribution in [0.5, 0.6) is 5.75 Å². The smallest absolute Gasteiger partial charge is 0.265 e. The molecule has 8 heteroatoms. The van der Waals surface area contributed by atoms with Gasteiger partial charge in [0, 0.05) is 45.2 Å². The van der Waals surface area contributed by atoms with Crippen LogP contribution >= 0.6 is 24.0 Å². The van der Waals surface area contributed by atoms with Crippen molar-refractivity contribution < 1.29 is 14.3 Å². The maximum atomic E-state index is 12.2. The number of fused-ring (bicyclic) bond motifs is 1. The number of guanidine groups is 1. The third-order valence-corrected chi connectivity index (χ3v) is 5.78. The van der Waals surface area contributed by atoms with E-state index in [-0.39, 0.29) is 36.5 Å². The number of ether oxygens (including phenoxy) is 2. The van der Waals surface area contributed by atoms with Gasteiger partial charge in [0.25, 0.3) is 5.91 Å². The molecule has 0 bridgehead atoms. The van der Waals surface area contributed by atoms with E-state index < -0.39 is 0 Å². The molecule has 3 heterocycles. The molecule has 1 unspecified atom stereocenters. The summed E-state index contributed by atoms with van der Waals surface area (Å²) in [4.78, 5) is 20.8. The summed E-state index contributed by atoms with van der Waals surface area (Å²) in [6, 6.07) is 7.71. The van der Waals surface area contributed by atoms with E-state index in [0.29, 0.717) is 12.0 Å². The van der Waals surface area contributed by atoms with E-state index in [1.807, 2.05) is 36.2 Å². The molecule has 7 nitrogen and oxygen atoms in total. The summed E-state index contributed by atoms with van der Waals surface area (Å²) in [7, 11) is 1.83. The highest BCUT2D eigenvalue weighted by molar-refractivity contribution is 14.0. The number of carbonyl (C=O) groups is 1. The van der Waals surface area contributed by atoms with Crippen molar-refractivity contribution in [3.8, 4) is 5.75 Å². The summed E-state index contributed by atoms with van der Waals surface area (Å²) < 4.78 is 11.1. The Morgan fingerprint density at radius 2 is 2.18 bits per heavy atom. The van der Waals surface area contributed by atoms with Crippen molar-refractivity contribution in [2.75, 3.05) is 57.9 Å². The number of hydrogen-bond acceptors (Lipinski definition) is 4. The first-order valence-corrected chi connectivity index (χ1v) is 9.76. The topological polar surface area (TPSA) is 66.4 Å². The van der Waals surface area contributed by atoms with E-state index in [0.717, 1.165) is 63.1 Å². The lowest BCUT2D eigenvalue weighted by Crippen LogP contribution is -2.43. The zero-order valence-corrected chi connectivity index (χ0v) is 18.7. The van der Waals surface area contributed by atoms with E-state index in [9.17, 15) is 4.79 Å². The minimum absolute atomic E-state index is 0. The Morgan fingerprint density at radius 3 is 2.96 bits per heavy atom. The molecular weight excluding hydrogens is 471 g/mol. The fourth-order valence-electron chi connectivity index (χ4n) is 4.26. The highest BCUT2D eigenvalue weighted by atomic mass is 127. The second kappa shape index (κ2) is 9.30. The maximum Gasteiger partial charge on any atom is 0.265 e. The molecule has 4 rings (SSSR count). The first-order chi connectivity index (χ1) is 13.2. The largest absolute Gasteiger partial charge is 0.482 e. The Bertz CT molecular complexity index is 721. The van der Waals surface area contributed by atoms with Gasteiger partial charge in [0.05, 0.1) is 12.3 Å². The summed E-state index contributed by atoms with van der Waals surface area (Å²) in [5.41, 5.74) is 1.18. The van der Waals surface area contributed by atoms with Gasteiger partial charge < -0.3 is 24.6 Å². The average molecular weight is 500 g/mol. The number of nitrogens with zero attached hydrogens (tertiary/aromatic N) is 3. The van der Waals surface area contributed by atoms with E-state index in [1.54, 1.807) is 0 Å². The number of amides is 1. The lowest BCUT2D eigenvalue weighted by molar-refractivity contribution is -0.121. The standard InChI is InChI=1S/C20H28N4O3.HI/c1-21-19(23-11-7-20(14-23)8-12-26-15-20)22-9-4-10-24-16-5-2-3-6-17(16)27-13-18(24)25;/h2-3,5-6H,4,7-15H2,1H3,(H,21,22);1H. The molecule has 3 aliphatic rings. The SMILES string of the molecule is CN=C(NCCCN1C(=O)COc2ccccc21)N1CCC2(CCOC2)C1.I. The molecule has 1 atom stereocenters. The van der Waals surface area contributed by atoms with Gasteiger partial charge in [0.15, 0.2) is 12.6 Å². The molecule has 2 fully saturated rings. The van der Waals surface area contributed by atoms with Gasteiger partial charge in [-0.2, -0.15) is 0 Å². The van der Waals surface area contributed by atoms with Crippen LogP contribution in [0.25, 0.3) is 0 Å². The van der Waals surface area contributed by atoms with Gasteiger partial charge in [-0.15, -0.1) is 24.0 Å². The molecule has 0 radical (unpaired) electrons. The summed E-state index contributed by atoms with van der Waals surface area (Å²) in [5, 5.41) is 3.46. The second-order valence-electron chi connectivity index (χ2n) is 7.60. The quantitative estimate of drug-likeness (QED) is 0.297. The summed E-state index contributed by atoms with van der Waals surface area (Å²) in [5.74, 6) is 1.75. The third kappa shape index (κ3) is 4.37. The zero-order chi connectivity index (χ0) is 18.7. The predicted octanol–water partition coefficient (Wildman–Crippen LogP) is 2.11. The van der Waals surface area contributed by atoms with Gasteiger partial charge in [-0.3, -0.25) is 9.79 Å². The van der Waals surface area contributed by atoms with Crippen molar-refractivity contribution in [3.63, 3.8) is 0 Å². The molecular formula is C20H29IN4O3. The molecule has 1 N–H and O–H groups in total. The molecule has 0 aliphatic carbocycles. The highest BCUT2D eigenvalue weighted by Gasteiger charge is 2.42. The second-order valence-corrected chi connectivity index (χ2v) is 7.60. The minimum Gasteiger partial charge on any atom is -0.482 e. The molecule has 1 amide bonds. The number of hydrogen-bond donors (Lipinski definition) is 1. The number of rotatable bonds is 4. The molecule has 1 aromatic rings. The average Bonchev–Trinajstić information content (AvgIpc) is 3.33. The van der Waals surface area contributed by atoms with Crippen molar-refractivity contribution in [2.24, 2.45) is 10.4 Å². The van der Waals surface area contributed by atoms with Crippen LogP contribution in [0.2, 0.25) is 0 Å². The lowest BCUT2D eigenvalue weighted by atomic mass is 9.87.